The van der Waals surface area contributed by atoms with Gasteiger partial charge in [0.1, 0.15) is 5.75 Å². The molecule has 25 heavy (non-hydrogen) atoms. The second kappa shape index (κ2) is 10.2. The molecule has 1 aliphatic rings. The number of piperazine rings is 1. The maximum absolute atomic E-state index is 13.0. The molecule has 0 aromatic heterocycles. The Hall–Kier alpha value is -0.980. The van der Waals surface area contributed by atoms with Gasteiger partial charge >= 0.3 is 6.18 Å². The van der Waals surface area contributed by atoms with E-state index in [1.54, 1.807) is 6.07 Å². The molecule has 1 aromatic rings. The largest absolute Gasteiger partial charge is 0.496 e. The topological polar surface area (TPSA) is 24.5 Å². The van der Waals surface area contributed by atoms with Crippen molar-refractivity contribution in [2.24, 2.45) is 0 Å². The molecule has 1 saturated heterocycles. The van der Waals surface area contributed by atoms with Crippen LogP contribution in [0, 0.1) is 0 Å². The highest BCUT2D eigenvalue weighted by Gasteiger charge is 2.32. The molecule has 0 aliphatic carbocycles. The highest BCUT2D eigenvalue weighted by Crippen LogP contribution is 2.38. The number of nitrogens with one attached hydrogen (secondary N) is 1. The van der Waals surface area contributed by atoms with Crippen molar-refractivity contribution in [2.75, 3.05) is 33.3 Å². The van der Waals surface area contributed by atoms with Crippen LogP contribution < -0.4 is 10.1 Å². The zero-order valence-electron chi connectivity index (χ0n) is 14.9. The van der Waals surface area contributed by atoms with E-state index < -0.39 is 11.7 Å². The van der Waals surface area contributed by atoms with Crippen LogP contribution in [0.1, 0.15) is 49.8 Å². The maximum atomic E-state index is 13.0. The van der Waals surface area contributed by atoms with E-state index in [0.717, 1.165) is 63.5 Å². The molecular formula is C18H28ClF3N2O. The molecule has 1 aliphatic heterocycles. The summed E-state index contributed by atoms with van der Waals surface area (Å²) in [5.41, 5.74) is 0.208. The summed E-state index contributed by atoms with van der Waals surface area (Å²) >= 11 is 0. The van der Waals surface area contributed by atoms with Crippen molar-refractivity contribution < 1.29 is 17.9 Å². The normalized spacial score (nSPS) is 17.0. The van der Waals surface area contributed by atoms with Crippen molar-refractivity contribution in [1.29, 1.82) is 0 Å². The summed E-state index contributed by atoms with van der Waals surface area (Å²) in [7, 11) is 1.44. The molecule has 1 heterocycles. The van der Waals surface area contributed by atoms with Crippen LogP contribution in [0.15, 0.2) is 18.2 Å². The van der Waals surface area contributed by atoms with Gasteiger partial charge in [-0.1, -0.05) is 32.3 Å². The lowest BCUT2D eigenvalue weighted by Gasteiger charge is -2.36. The van der Waals surface area contributed by atoms with Crippen LogP contribution >= 0.6 is 12.4 Å². The van der Waals surface area contributed by atoms with Crippen LogP contribution in [0.3, 0.4) is 0 Å². The van der Waals surface area contributed by atoms with Gasteiger partial charge in [0.25, 0.3) is 0 Å². The fourth-order valence-electron chi connectivity index (χ4n) is 3.28. The molecule has 1 fully saturated rings. The van der Waals surface area contributed by atoms with Crippen molar-refractivity contribution >= 4 is 12.4 Å². The zero-order chi connectivity index (χ0) is 17.6. The number of unbranched alkanes of at least 4 members (excludes halogenated alkanes) is 2. The molecule has 1 N–H and O–H groups in total. The summed E-state index contributed by atoms with van der Waals surface area (Å²) in [6.45, 7) is 5.78. The van der Waals surface area contributed by atoms with Gasteiger partial charge in [0, 0.05) is 37.8 Å². The molecule has 2 rings (SSSR count). The van der Waals surface area contributed by atoms with Crippen LogP contribution in [0.2, 0.25) is 0 Å². The fraction of sp³-hybridized carbons (Fsp3) is 0.667. The van der Waals surface area contributed by atoms with Crippen molar-refractivity contribution in [3.8, 4) is 5.75 Å². The van der Waals surface area contributed by atoms with Crippen LogP contribution in [0.4, 0.5) is 13.2 Å². The molecule has 144 valence electrons. The van der Waals surface area contributed by atoms with Gasteiger partial charge in [-0.15, -0.1) is 12.4 Å². The number of halogens is 4. The summed E-state index contributed by atoms with van der Waals surface area (Å²) < 4.78 is 44.2. The summed E-state index contributed by atoms with van der Waals surface area (Å²) in [4.78, 5) is 2.36. The quantitative estimate of drug-likeness (QED) is 0.696. The third-order valence-corrected chi connectivity index (χ3v) is 4.59. The number of methoxy groups -OCH3 is 1. The van der Waals surface area contributed by atoms with Crippen LogP contribution in [-0.4, -0.2) is 38.2 Å². The standard InChI is InChI=1S/C18H27F3N2O.ClH/c1-3-4-5-6-16(23-11-9-22-10-12-23)15-8-7-14(18(19,20)21)13-17(15)24-2;/h7-8,13,16,22H,3-6,9-12H2,1-2H3;1H/t16-;/m1./s1. The number of hydrogen-bond acceptors (Lipinski definition) is 3. The smallest absolute Gasteiger partial charge is 0.416 e. The Kier molecular flexibility index (Phi) is 9.03. The second-order valence-corrected chi connectivity index (χ2v) is 6.25. The van der Waals surface area contributed by atoms with Crippen molar-refractivity contribution in [2.45, 2.75) is 44.8 Å². The van der Waals surface area contributed by atoms with E-state index in [2.05, 4.69) is 17.1 Å². The molecule has 0 unspecified atom stereocenters. The minimum atomic E-state index is -4.35. The summed E-state index contributed by atoms with van der Waals surface area (Å²) in [6, 6.07) is 4.01. The van der Waals surface area contributed by atoms with Gasteiger partial charge < -0.3 is 10.1 Å². The first kappa shape index (κ1) is 22.1. The van der Waals surface area contributed by atoms with Gasteiger partial charge in [0.2, 0.25) is 0 Å². The van der Waals surface area contributed by atoms with E-state index in [4.69, 9.17) is 4.74 Å². The van der Waals surface area contributed by atoms with Gasteiger partial charge in [-0.25, -0.2) is 0 Å². The van der Waals surface area contributed by atoms with E-state index in [0.29, 0.717) is 5.75 Å². The van der Waals surface area contributed by atoms with Gasteiger partial charge in [-0.05, 0) is 18.6 Å². The lowest BCUT2D eigenvalue weighted by molar-refractivity contribution is -0.137. The van der Waals surface area contributed by atoms with Crippen molar-refractivity contribution in [3.63, 3.8) is 0 Å². The Morgan fingerprint density at radius 3 is 2.44 bits per heavy atom. The predicted octanol–water partition coefficient (Wildman–Crippen LogP) is 4.66. The highest BCUT2D eigenvalue weighted by atomic mass is 35.5. The highest BCUT2D eigenvalue weighted by molar-refractivity contribution is 5.85. The van der Waals surface area contributed by atoms with Crippen molar-refractivity contribution in [3.05, 3.63) is 29.3 Å². The van der Waals surface area contributed by atoms with Crippen LogP contribution in [0.5, 0.6) is 5.75 Å². The molecule has 0 bridgehead atoms. The Balaban J connectivity index is 0.00000312. The molecule has 0 amide bonds. The second-order valence-electron chi connectivity index (χ2n) is 6.25. The van der Waals surface area contributed by atoms with Crippen LogP contribution in [0.25, 0.3) is 0 Å². The maximum Gasteiger partial charge on any atom is 0.416 e. The zero-order valence-corrected chi connectivity index (χ0v) is 15.7. The van der Waals surface area contributed by atoms with Gasteiger partial charge in [0.15, 0.2) is 0 Å². The number of rotatable bonds is 7. The molecular weight excluding hydrogens is 353 g/mol. The average Bonchev–Trinajstić information content (AvgIpc) is 2.58. The minimum absolute atomic E-state index is 0. The SMILES string of the molecule is CCCCC[C@H](c1ccc(C(F)(F)F)cc1OC)N1CCNCC1.Cl. The number of benzene rings is 1. The first-order valence-electron chi connectivity index (χ1n) is 8.67. The van der Waals surface area contributed by atoms with Crippen LogP contribution in [-0.2, 0) is 6.18 Å². The molecule has 0 radical (unpaired) electrons. The lowest BCUT2D eigenvalue weighted by atomic mass is 9.96. The Bertz CT molecular complexity index is 520. The molecule has 1 atom stereocenters. The molecule has 7 heteroatoms. The first-order chi connectivity index (χ1) is 11.5. The first-order valence-corrected chi connectivity index (χ1v) is 8.67. The van der Waals surface area contributed by atoms with E-state index in [-0.39, 0.29) is 18.4 Å². The summed E-state index contributed by atoms with van der Waals surface area (Å²) in [6.07, 6.45) is -0.0899. The average molecular weight is 381 g/mol. The Morgan fingerprint density at radius 1 is 1.20 bits per heavy atom. The van der Waals surface area contributed by atoms with Gasteiger partial charge in [-0.2, -0.15) is 13.2 Å². The van der Waals surface area contributed by atoms with Gasteiger partial charge in [0.05, 0.1) is 12.7 Å². The van der Waals surface area contributed by atoms with Gasteiger partial charge in [-0.3, -0.25) is 4.90 Å². The molecule has 1 aromatic carbocycles. The summed E-state index contributed by atoms with van der Waals surface area (Å²) in [5, 5.41) is 3.32. The predicted molar refractivity (Wildman–Crippen MR) is 96.6 cm³/mol. The number of hydrogen-bond donors (Lipinski definition) is 1. The molecule has 0 spiro atoms. The number of ether oxygens (including phenoxy) is 1. The fourth-order valence-corrected chi connectivity index (χ4v) is 3.28. The summed E-state index contributed by atoms with van der Waals surface area (Å²) in [5.74, 6) is 0.338. The number of nitrogens with zero attached hydrogens (tertiary/aromatic N) is 1. The molecule has 3 nitrogen and oxygen atoms in total. The monoisotopic (exact) mass is 380 g/mol. The third-order valence-electron chi connectivity index (χ3n) is 4.59. The Labute approximate surface area is 154 Å². The third kappa shape index (κ3) is 6.04. The Morgan fingerprint density at radius 2 is 1.88 bits per heavy atom. The molecule has 0 saturated carbocycles. The lowest BCUT2D eigenvalue weighted by Crippen LogP contribution is -2.45. The van der Waals surface area contributed by atoms with E-state index >= 15 is 0 Å². The number of alkyl halides is 3. The minimum Gasteiger partial charge on any atom is -0.496 e. The van der Waals surface area contributed by atoms with E-state index in [9.17, 15) is 13.2 Å². The van der Waals surface area contributed by atoms with E-state index in [1.165, 1.54) is 13.2 Å². The van der Waals surface area contributed by atoms with Crippen molar-refractivity contribution in [1.82, 2.24) is 10.2 Å². The van der Waals surface area contributed by atoms with E-state index in [1.807, 2.05) is 0 Å².